The van der Waals surface area contributed by atoms with Crippen molar-refractivity contribution in [3.05, 3.63) is 29.3 Å². The second kappa shape index (κ2) is 12.2. The van der Waals surface area contributed by atoms with E-state index in [9.17, 15) is 4.79 Å². The van der Waals surface area contributed by atoms with Crippen LogP contribution in [0.2, 0.25) is 0 Å². The number of ether oxygens (including phenoxy) is 1. The molecule has 1 aromatic rings. The largest absolute Gasteiger partial charge is 0.493 e. The Morgan fingerprint density at radius 3 is 2.61 bits per heavy atom. The number of unbranched alkanes of at least 4 members (excludes halogenated alkanes) is 2. The fraction of sp³-hybridized carbons (Fsp3) is 0.750. The molecule has 0 saturated carbocycles. The molecule has 0 N–H and O–H groups in total. The zero-order valence-electron chi connectivity index (χ0n) is 21.9. The second-order valence-corrected chi connectivity index (χ2v) is 11.2. The smallest absolute Gasteiger partial charge is 0.236 e. The van der Waals surface area contributed by atoms with Gasteiger partial charge in [0.25, 0.3) is 0 Å². The molecule has 2 unspecified atom stereocenters. The molecular formula is C28H48N3O2+. The van der Waals surface area contributed by atoms with Crippen LogP contribution >= 0.6 is 0 Å². The summed E-state index contributed by atoms with van der Waals surface area (Å²) in [4.78, 5) is 18.1. The van der Waals surface area contributed by atoms with Crippen molar-refractivity contribution < 1.29 is 14.0 Å². The van der Waals surface area contributed by atoms with E-state index in [0.717, 1.165) is 68.7 Å². The van der Waals surface area contributed by atoms with Gasteiger partial charge in [-0.1, -0.05) is 45.2 Å². The van der Waals surface area contributed by atoms with Crippen LogP contribution in [-0.4, -0.2) is 86.7 Å². The molecule has 0 spiro atoms. The third-order valence-corrected chi connectivity index (χ3v) is 7.33. The highest BCUT2D eigenvalue weighted by atomic mass is 16.5. The van der Waals surface area contributed by atoms with Gasteiger partial charge in [0, 0.05) is 38.5 Å². The molecule has 2 heterocycles. The van der Waals surface area contributed by atoms with Gasteiger partial charge in [0.1, 0.15) is 5.75 Å². The number of fused-ring (bicyclic) bond motifs is 1. The maximum absolute atomic E-state index is 13.4. The average Bonchev–Trinajstić information content (AvgIpc) is 3.40. The van der Waals surface area contributed by atoms with Crippen LogP contribution in [0, 0.1) is 0 Å². The van der Waals surface area contributed by atoms with Gasteiger partial charge < -0.3 is 14.1 Å². The predicted octanol–water partition coefficient (Wildman–Crippen LogP) is 4.69. The minimum Gasteiger partial charge on any atom is -0.493 e. The van der Waals surface area contributed by atoms with Crippen molar-refractivity contribution in [1.29, 1.82) is 0 Å². The van der Waals surface area contributed by atoms with Crippen LogP contribution in [0.1, 0.15) is 75.8 Å². The molecule has 2 aliphatic heterocycles. The highest BCUT2D eigenvalue weighted by Gasteiger charge is 2.34. The first-order valence-electron chi connectivity index (χ1n) is 13.4. The zero-order chi connectivity index (χ0) is 23.8. The average molecular weight is 459 g/mol. The maximum Gasteiger partial charge on any atom is 0.236 e. The summed E-state index contributed by atoms with van der Waals surface area (Å²) in [5.74, 6) is 1.91. The van der Waals surface area contributed by atoms with Crippen LogP contribution in [-0.2, 0) is 11.2 Å². The van der Waals surface area contributed by atoms with Crippen LogP contribution < -0.4 is 4.74 Å². The number of carbonyl (C=O) groups excluding carboxylic acids is 1. The summed E-state index contributed by atoms with van der Waals surface area (Å²) in [6.07, 6.45) is 9.14. The van der Waals surface area contributed by atoms with E-state index in [2.05, 4.69) is 63.0 Å². The number of rotatable bonds is 13. The Labute approximate surface area is 202 Å². The van der Waals surface area contributed by atoms with Gasteiger partial charge in [0.05, 0.1) is 40.8 Å². The van der Waals surface area contributed by atoms with E-state index >= 15 is 0 Å². The first-order valence-corrected chi connectivity index (χ1v) is 13.4. The minimum absolute atomic E-state index is 0.328. The Kier molecular flexibility index (Phi) is 9.63. The number of hydrogen-bond donors (Lipinski definition) is 0. The number of hydrogen-bond acceptors (Lipinski definition) is 3. The van der Waals surface area contributed by atoms with Gasteiger partial charge in [0.2, 0.25) is 5.91 Å². The fourth-order valence-electron chi connectivity index (χ4n) is 5.34. The fourth-order valence-corrected chi connectivity index (χ4v) is 5.34. The van der Waals surface area contributed by atoms with Gasteiger partial charge in [-0.05, 0) is 42.4 Å². The van der Waals surface area contributed by atoms with Crippen molar-refractivity contribution in [3.8, 4) is 5.75 Å². The van der Waals surface area contributed by atoms with E-state index in [0.29, 0.717) is 24.4 Å². The maximum atomic E-state index is 13.4. The summed E-state index contributed by atoms with van der Waals surface area (Å²) < 4.78 is 6.67. The molecule has 0 aromatic heterocycles. The van der Waals surface area contributed by atoms with Crippen molar-refractivity contribution in [2.75, 3.05) is 60.5 Å². The van der Waals surface area contributed by atoms with Crippen molar-refractivity contribution in [3.63, 3.8) is 0 Å². The Bertz CT molecular complexity index is 758. The molecular weight excluding hydrogens is 410 g/mol. The predicted molar refractivity (Wildman–Crippen MR) is 137 cm³/mol. The summed E-state index contributed by atoms with van der Waals surface area (Å²) in [6, 6.07) is 7.30. The van der Waals surface area contributed by atoms with Crippen LogP contribution in [0.25, 0.3) is 0 Å². The molecule has 5 heteroatoms. The summed E-state index contributed by atoms with van der Waals surface area (Å²) in [6.45, 7) is 9.75. The van der Waals surface area contributed by atoms with E-state index in [1.807, 2.05) is 0 Å². The van der Waals surface area contributed by atoms with E-state index in [4.69, 9.17) is 4.74 Å². The molecule has 1 amide bonds. The number of likely N-dealkylation sites (tertiary alicyclic amines) is 1. The first-order chi connectivity index (χ1) is 15.8. The highest BCUT2D eigenvalue weighted by molar-refractivity contribution is 5.78. The molecule has 0 aliphatic carbocycles. The molecule has 3 rings (SSSR count). The number of carbonyl (C=O) groups is 1. The van der Waals surface area contributed by atoms with Crippen molar-refractivity contribution in [1.82, 2.24) is 9.80 Å². The van der Waals surface area contributed by atoms with Gasteiger partial charge in [0.15, 0.2) is 0 Å². The van der Waals surface area contributed by atoms with Gasteiger partial charge >= 0.3 is 0 Å². The Morgan fingerprint density at radius 2 is 1.88 bits per heavy atom. The van der Waals surface area contributed by atoms with Crippen molar-refractivity contribution in [2.24, 2.45) is 0 Å². The molecule has 186 valence electrons. The third kappa shape index (κ3) is 7.71. The standard InChI is InChI=1S/C28H48N3O2/c1-6-8-11-26-20-25(23-12-13-27-24(19-23)14-18-33-27)21-30(26)22-28(32)29(15-9-7-2)16-10-17-31(3,4)5/h12-13,19,25-26H,6-11,14-18,20-22H2,1-5H3/q+1. The molecule has 2 aliphatic rings. The lowest BCUT2D eigenvalue weighted by atomic mass is 9.93. The molecule has 2 atom stereocenters. The van der Waals surface area contributed by atoms with Crippen LogP contribution in [0.3, 0.4) is 0 Å². The Morgan fingerprint density at radius 1 is 1.12 bits per heavy atom. The minimum atomic E-state index is 0.328. The van der Waals surface area contributed by atoms with Crippen molar-refractivity contribution in [2.45, 2.75) is 77.2 Å². The quantitative estimate of drug-likeness (QED) is 0.402. The first kappa shape index (κ1) is 26.0. The monoisotopic (exact) mass is 458 g/mol. The lowest BCUT2D eigenvalue weighted by Crippen LogP contribution is -2.44. The number of amides is 1. The molecule has 33 heavy (non-hydrogen) atoms. The highest BCUT2D eigenvalue weighted by Crippen LogP contribution is 2.36. The van der Waals surface area contributed by atoms with Gasteiger partial charge in [-0.15, -0.1) is 0 Å². The second-order valence-electron chi connectivity index (χ2n) is 11.2. The van der Waals surface area contributed by atoms with E-state index in [-0.39, 0.29) is 0 Å². The summed E-state index contributed by atoms with van der Waals surface area (Å²) in [5, 5.41) is 0. The molecule has 1 saturated heterocycles. The summed E-state index contributed by atoms with van der Waals surface area (Å²) in [7, 11) is 6.68. The van der Waals surface area contributed by atoms with Crippen LogP contribution in [0.15, 0.2) is 18.2 Å². The summed E-state index contributed by atoms with van der Waals surface area (Å²) >= 11 is 0. The lowest BCUT2D eigenvalue weighted by molar-refractivity contribution is -0.870. The molecule has 0 bridgehead atoms. The topological polar surface area (TPSA) is 32.8 Å². The van der Waals surface area contributed by atoms with Crippen molar-refractivity contribution >= 4 is 5.91 Å². The van der Waals surface area contributed by atoms with Gasteiger partial charge in [-0.25, -0.2) is 0 Å². The zero-order valence-corrected chi connectivity index (χ0v) is 21.9. The molecule has 1 aromatic carbocycles. The molecule has 5 nitrogen and oxygen atoms in total. The molecule has 0 radical (unpaired) electrons. The Balaban J connectivity index is 1.65. The lowest BCUT2D eigenvalue weighted by Gasteiger charge is -2.30. The summed E-state index contributed by atoms with van der Waals surface area (Å²) in [5.41, 5.74) is 2.79. The Hall–Kier alpha value is -1.59. The van der Waals surface area contributed by atoms with Gasteiger partial charge in [-0.3, -0.25) is 9.69 Å². The number of quaternary nitrogens is 1. The molecule has 1 fully saturated rings. The SMILES string of the molecule is CCCCC1CC(c2ccc3c(c2)CCO3)CN1CC(=O)N(CCCC)CCC[N+](C)(C)C. The normalized spacial score (nSPS) is 20.6. The van der Waals surface area contributed by atoms with E-state index in [1.165, 1.54) is 36.8 Å². The van der Waals surface area contributed by atoms with Crippen LogP contribution in [0.5, 0.6) is 5.75 Å². The number of nitrogens with zero attached hydrogens (tertiary/aromatic N) is 3. The third-order valence-electron chi connectivity index (χ3n) is 7.33. The van der Waals surface area contributed by atoms with E-state index < -0.39 is 0 Å². The van der Waals surface area contributed by atoms with E-state index in [1.54, 1.807) is 0 Å². The van der Waals surface area contributed by atoms with Gasteiger partial charge in [-0.2, -0.15) is 0 Å². The number of benzene rings is 1. The van der Waals surface area contributed by atoms with Crippen LogP contribution in [0.4, 0.5) is 0 Å².